The third kappa shape index (κ3) is 17.1. The number of hydrogen-bond donors (Lipinski definition) is 4. The fraction of sp³-hybridized carbons (Fsp3) is 0.538. The molecule has 3 N–H and O–H groups in total. The van der Waals surface area contributed by atoms with Gasteiger partial charge in [0.15, 0.2) is 0 Å². The average molecular weight is 337 g/mol. The summed E-state index contributed by atoms with van der Waals surface area (Å²) in [5.74, 6) is 1.87. The van der Waals surface area contributed by atoms with Crippen molar-refractivity contribution in [1.82, 2.24) is 5.32 Å². The van der Waals surface area contributed by atoms with E-state index in [2.05, 4.69) is 37.0 Å². The highest BCUT2D eigenvalue weighted by atomic mass is 32.3. The number of nitrogens with one attached hydrogen (secondary N) is 1. The van der Waals surface area contributed by atoms with Crippen molar-refractivity contribution in [3.05, 3.63) is 29.8 Å². The molecule has 0 amide bonds. The van der Waals surface area contributed by atoms with Crippen LogP contribution in [0, 0.1) is 6.92 Å². The molecule has 0 radical (unpaired) electrons. The topological polar surface area (TPSA) is 95.9 Å². The molecule has 0 bridgehead atoms. The van der Waals surface area contributed by atoms with Crippen LogP contribution in [0.1, 0.15) is 18.4 Å². The van der Waals surface area contributed by atoms with Crippen LogP contribution in [-0.2, 0) is 10.4 Å². The van der Waals surface area contributed by atoms with Gasteiger partial charge in [-0.15, -0.1) is 0 Å². The third-order valence-electron chi connectivity index (χ3n) is 2.33. The number of rotatable bonds is 8. The molecule has 1 aromatic rings. The summed E-state index contributed by atoms with van der Waals surface area (Å²) in [5, 5.41) is 3.31. The molecule has 0 saturated heterocycles. The van der Waals surface area contributed by atoms with Gasteiger partial charge in [-0.05, 0) is 38.4 Å². The Morgan fingerprint density at radius 3 is 2.24 bits per heavy atom. The van der Waals surface area contributed by atoms with E-state index in [9.17, 15) is 0 Å². The summed E-state index contributed by atoms with van der Waals surface area (Å²) in [4.78, 5) is 0. The van der Waals surface area contributed by atoms with E-state index in [1.54, 1.807) is 0 Å². The van der Waals surface area contributed by atoms with Gasteiger partial charge >= 0.3 is 10.4 Å². The lowest BCUT2D eigenvalue weighted by atomic mass is 10.2. The minimum Gasteiger partial charge on any atom is -0.494 e. The molecule has 8 heteroatoms. The monoisotopic (exact) mass is 337 g/mol. The van der Waals surface area contributed by atoms with E-state index in [1.165, 1.54) is 5.56 Å². The second-order valence-electron chi connectivity index (χ2n) is 4.29. The van der Waals surface area contributed by atoms with Gasteiger partial charge in [0, 0.05) is 12.3 Å². The van der Waals surface area contributed by atoms with Crippen LogP contribution in [0.5, 0.6) is 5.75 Å². The highest BCUT2D eigenvalue weighted by Gasteiger charge is 1.93. The molecule has 0 aliphatic heterocycles. The lowest BCUT2D eigenvalue weighted by molar-refractivity contribution is 0.306. The minimum absolute atomic E-state index is 0.797. The van der Waals surface area contributed by atoms with Gasteiger partial charge < -0.3 is 10.1 Å². The highest BCUT2D eigenvalue weighted by Crippen LogP contribution is 2.11. The predicted octanol–water partition coefficient (Wildman–Crippen LogP) is 2.02. The summed E-state index contributed by atoms with van der Waals surface area (Å²) >= 11 is 4.13. The van der Waals surface area contributed by atoms with E-state index in [0.29, 0.717) is 0 Å². The molecule has 21 heavy (non-hydrogen) atoms. The smallest absolute Gasteiger partial charge is 0.394 e. The number of hydrogen-bond acceptors (Lipinski definition) is 5. The Kier molecular flexibility index (Phi) is 11.4. The van der Waals surface area contributed by atoms with Gasteiger partial charge in [-0.2, -0.15) is 21.0 Å². The summed E-state index contributed by atoms with van der Waals surface area (Å²) in [5.41, 5.74) is 1.27. The highest BCUT2D eigenvalue weighted by molar-refractivity contribution is 7.80. The van der Waals surface area contributed by atoms with Crippen LogP contribution < -0.4 is 10.1 Å². The molecular formula is C13H23NO5S2. The first kappa shape index (κ1) is 20.2. The van der Waals surface area contributed by atoms with E-state index in [-0.39, 0.29) is 0 Å². The van der Waals surface area contributed by atoms with Crippen LogP contribution in [0.4, 0.5) is 0 Å². The third-order valence-corrected chi connectivity index (χ3v) is 2.55. The summed E-state index contributed by atoms with van der Waals surface area (Å²) in [6, 6.07) is 8.19. The number of benzene rings is 1. The fourth-order valence-electron chi connectivity index (χ4n) is 1.38. The zero-order valence-electron chi connectivity index (χ0n) is 12.0. The van der Waals surface area contributed by atoms with Crippen LogP contribution in [0.15, 0.2) is 24.3 Å². The molecule has 0 spiro atoms. The first-order valence-corrected chi connectivity index (χ1v) is 8.57. The van der Waals surface area contributed by atoms with E-state index >= 15 is 0 Å². The standard InChI is InChI=1S/C13H21NOS.H2O4S/c1-12-4-6-13(7-5-12)15-10-3-2-8-14-9-11-16;1-5(2,3)4/h4-7,14,16H,2-3,8-11H2,1H3;(H2,1,2,3,4). The van der Waals surface area contributed by atoms with Crippen LogP contribution in [0.25, 0.3) is 0 Å². The molecule has 6 nitrogen and oxygen atoms in total. The molecule has 0 aliphatic carbocycles. The number of aryl methyl sites for hydroxylation is 1. The maximum atomic E-state index is 8.74. The quantitative estimate of drug-likeness (QED) is 0.329. The molecule has 0 saturated carbocycles. The molecule has 0 aliphatic rings. The minimum atomic E-state index is -4.67. The van der Waals surface area contributed by atoms with Crippen LogP contribution in [0.3, 0.4) is 0 Å². The Morgan fingerprint density at radius 2 is 1.71 bits per heavy atom. The average Bonchev–Trinajstić information content (AvgIpc) is 2.38. The normalized spacial score (nSPS) is 10.7. The maximum Gasteiger partial charge on any atom is 0.394 e. The first-order valence-electron chi connectivity index (χ1n) is 6.54. The van der Waals surface area contributed by atoms with E-state index < -0.39 is 10.4 Å². The number of thiol groups is 1. The zero-order chi connectivity index (χ0) is 16.1. The van der Waals surface area contributed by atoms with Gasteiger partial charge in [0.25, 0.3) is 0 Å². The summed E-state index contributed by atoms with van der Waals surface area (Å²) in [7, 11) is -4.67. The van der Waals surface area contributed by atoms with Gasteiger partial charge in [0.1, 0.15) is 5.75 Å². The molecule has 122 valence electrons. The molecular weight excluding hydrogens is 314 g/mol. The maximum absolute atomic E-state index is 8.74. The molecule has 0 fully saturated rings. The lowest BCUT2D eigenvalue weighted by Gasteiger charge is -2.06. The van der Waals surface area contributed by atoms with Crippen LogP contribution in [-0.4, -0.2) is 43.0 Å². The number of unbranched alkanes of at least 4 members (excludes halogenated alkanes) is 1. The van der Waals surface area contributed by atoms with Crippen molar-refractivity contribution in [2.24, 2.45) is 0 Å². The molecule has 0 unspecified atom stereocenters. The second-order valence-corrected chi connectivity index (χ2v) is 5.63. The van der Waals surface area contributed by atoms with Crippen molar-refractivity contribution in [2.45, 2.75) is 19.8 Å². The summed E-state index contributed by atoms with van der Waals surface area (Å²) in [6.45, 7) is 4.92. The molecule has 0 atom stereocenters. The van der Waals surface area contributed by atoms with Crippen molar-refractivity contribution in [3.63, 3.8) is 0 Å². The zero-order valence-corrected chi connectivity index (χ0v) is 13.7. The van der Waals surface area contributed by atoms with Gasteiger partial charge in [0.05, 0.1) is 6.61 Å². The van der Waals surface area contributed by atoms with Gasteiger partial charge in [-0.25, -0.2) is 0 Å². The molecule has 1 rings (SSSR count). The SMILES string of the molecule is Cc1ccc(OCCCCNCCS)cc1.O=S(=O)(O)O. The summed E-state index contributed by atoms with van der Waals surface area (Å²) < 4.78 is 37.2. The van der Waals surface area contributed by atoms with Crippen molar-refractivity contribution in [2.75, 3.05) is 25.4 Å². The van der Waals surface area contributed by atoms with Crippen LogP contribution in [0.2, 0.25) is 0 Å². The molecule has 0 heterocycles. The largest absolute Gasteiger partial charge is 0.494 e. The Bertz CT molecular complexity index is 454. The Hall–Kier alpha value is -0.800. The van der Waals surface area contributed by atoms with Crippen molar-refractivity contribution in [3.8, 4) is 5.75 Å². The Morgan fingerprint density at radius 1 is 1.14 bits per heavy atom. The Labute approximate surface area is 131 Å². The lowest BCUT2D eigenvalue weighted by Crippen LogP contribution is -2.18. The van der Waals surface area contributed by atoms with Gasteiger partial charge in [0.2, 0.25) is 0 Å². The molecule has 1 aromatic carbocycles. The molecule has 0 aromatic heterocycles. The predicted molar refractivity (Wildman–Crippen MR) is 86.8 cm³/mol. The van der Waals surface area contributed by atoms with E-state index in [1.807, 2.05) is 12.1 Å². The van der Waals surface area contributed by atoms with Crippen LogP contribution >= 0.6 is 12.6 Å². The second kappa shape index (κ2) is 11.8. The first-order chi connectivity index (χ1) is 9.83. The van der Waals surface area contributed by atoms with Crippen molar-refractivity contribution >= 4 is 23.0 Å². The van der Waals surface area contributed by atoms with E-state index in [0.717, 1.165) is 44.0 Å². The summed E-state index contributed by atoms with van der Waals surface area (Å²) in [6.07, 6.45) is 2.24. The van der Waals surface area contributed by atoms with Gasteiger partial charge in [-0.1, -0.05) is 17.7 Å². The van der Waals surface area contributed by atoms with Crippen molar-refractivity contribution in [1.29, 1.82) is 0 Å². The van der Waals surface area contributed by atoms with Crippen molar-refractivity contribution < 1.29 is 22.3 Å². The number of ether oxygens (including phenoxy) is 1. The van der Waals surface area contributed by atoms with Gasteiger partial charge in [-0.3, -0.25) is 9.11 Å². The van der Waals surface area contributed by atoms with E-state index in [4.69, 9.17) is 22.3 Å². The Balaban J connectivity index is 0.000000690. The fourth-order valence-corrected chi connectivity index (χ4v) is 1.54.